The topological polar surface area (TPSA) is 54.7 Å². The first-order valence-corrected chi connectivity index (χ1v) is 3.02. The number of rotatable bonds is 2. The molecule has 11 heavy (non-hydrogen) atoms. The molecule has 66 valence electrons. The number of halogens is 2. The van der Waals surface area contributed by atoms with Gasteiger partial charge in [-0.15, -0.1) is 24.8 Å². The lowest BCUT2D eigenvalue weighted by Gasteiger charge is -1.98. The number of imidazole rings is 1. The van der Waals surface area contributed by atoms with E-state index in [1.54, 1.807) is 6.33 Å². The summed E-state index contributed by atoms with van der Waals surface area (Å²) in [5.74, 6) is 0. The Balaban J connectivity index is 0. The molecule has 0 aliphatic carbocycles. The van der Waals surface area contributed by atoms with Crippen molar-refractivity contribution >= 4 is 24.8 Å². The number of hydrogen-bond donors (Lipinski definition) is 2. The van der Waals surface area contributed by atoms with Gasteiger partial charge < -0.3 is 10.7 Å². The number of aromatic nitrogens is 2. The van der Waals surface area contributed by atoms with Gasteiger partial charge in [0.25, 0.3) is 0 Å². The summed E-state index contributed by atoms with van der Waals surface area (Å²) in [6.07, 6.45) is 4.38. The van der Waals surface area contributed by atoms with Crippen LogP contribution in [0.15, 0.2) is 12.5 Å². The van der Waals surface area contributed by atoms with Crippen LogP contribution >= 0.6 is 24.8 Å². The average Bonchev–Trinajstić information content (AvgIpc) is 2.15. The molecule has 0 saturated heterocycles. The molecule has 1 unspecified atom stereocenters. The van der Waals surface area contributed by atoms with Gasteiger partial charge in [0, 0.05) is 18.7 Å². The van der Waals surface area contributed by atoms with Crippen molar-refractivity contribution in [2.24, 2.45) is 5.73 Å². The summed E-state index contributed by atoms with van der Waals surface area (Å²) in [5.41, 5.74) is 6.56. The highest BCUT2D eigenvalue weighted by Crippen LogP contribution is 1.93. The molecule has 1 atom stereocenters. The largest absolute Gasteiger partial charge is 0.351 e. The van der Waals surface area contributed by atoms with Crippen LogP contribution in [0, 0.1) is 0 Å². The lowest BCUT2D eigenvalue weighted by Crippen LogP contribution is -2.17. The third kappa shape index (κ3) is 5.07. The number of H-pyrrole nitrogens is 1. The smallest absolute Gasteiger partial charge is 0.0923 e. The molecule has 0 amide bonds. The van der Waals surface area contributed by atoms with Gasteiger partial charge in [-0.1, -0.05) is 0 Å². The maximum atomic E-state index is 5.53. The van der Waals surface area contributed by atoms with Crippen LogP contribution in [0.4, 0.5) is 0 Å². The van der Waals surface area contributed by atoms with E-state index in [2.05, 4.69) is 9.97 Å². The summed E-state index contributed by atoms with van der Waals surface area (Å²) < 4.78 is 0. The van der Waals surface area contributed by atoms with E-state index in [9.17, 15) is 0 Å². The SMILES string of the molecule is CC(N)Cc1c[nH]cn1.Cl.Cl. The summed E-state index contributed by atoms with van der Waals surface area (Å²) in [4.78, 5) is 6.89. The average molecular weight is 198 g/mol. The Bertz CT molecular complexity index is 162. The van der Waals surface area contributed by atoms with Gasteiger partial charge in [0.1, 0.15) is 0 Å². The number of nitrogens with one attached hydrogen (secondary N) is 1. The first-order valence-electron chi connectivity index (χ1n) is 3.02. The van der Waals surface area contributed by atoms with Crippen LogP contribution < -0.4 is 5.73 Å². The molecule has 0 saturated carbocycles. The van der Waals surface area contributed by atoms with E-state index in [4.69, 9.17) is 5.73 Å². The minimum atomic E-state index is 0. The van der Waals surface area contributed by atoms with E-state index in [0.29, 0.717) is 0 Å². The zero-order valence-corrected chi connectivity index (χ0v) is 7.91. The molecular formula is C6H13Cl2N3. The van der Waals surface area contributed by atoms with Crippen molar-refractivity contribution in [3.8, 4) is 0 Å². The maximum Gasteiger partial charge on any atom is 0.0923 e. The zero-order valence-electron chi connectivity index (χ0n) is 6.28. The second-order valence-electron chi connectivity index (χ2n) is 2.24. The van der Waals surface area contributed by atoms with E-state index in [0.717, 1.165) is 12.1 Å². The van der Waals surface area contributed by atoms with Crippen LogP contribution in [0.1, 0.15) is 12.6 Å². The van der Waals surface area contributed by atoms with Gasteiger partial charge in [-0.2, -0.15) is 0 Å². The van der Waals surface area contributed by atoms with Crippen LogP contribution in [0.2, 0.25) is 0 Å². The maximum absolute atomic E-state index is 5.53. The summed E-state index contributed by atoms with van der Waals surface area (Å²) in [7, 11) is 0. The zero-order chi connectivity index (χ0) is 6.69. The lowest BCUT2D eigenvalue weighted by atomic mass is 10.2. The van der Waals surface area contributed by atoms with Gasteiger partial charge in [-0.3, -0.25) is 0 Å². The molecule has 3 N–H and O–H groups in total. The van der Waals surface area contributed by atoms with Crippen LogP contribution in [0.3, 0.4) is 0 Å². The molecule has 1 heterocycles. The number of aromatic amines is 1. The van der Waals surface area contributed by atoms with E-state index in [-0.39, 0.29) is 30.9 Å². The normalized spacial score (nSPS) is 11.1. The second-order valence-corrected chi connectivity index (χ2v) is 2.24. The van der Waals surface area contributed by atoms with E-state index < -0.39 is 0 Å². The molecule has 1 aromatic rings. The van der Waals surface area contributed by atoms with Crippen LogP contribution in [0.25, 0.3) is 0 Å². The van der Waals surface area contributed by atoms with Gasteiger partial charge in [0.2, 0.25) is 0 Å². The van der Waals surface area contributed by atoms with Gasteiger partial charge in [0.05, 0.1) is 12.0 Å². The van der Waals surface area contributed by atoms with Crippen molar-refractivity contribution in [2.45, 2.75) is 19.4 Å². The Kier molecular flexibility index (Phi) is 7.84. The second kappa shape index (κ2) is 6.46. The molecule has 0 aliphatic heterocycles. The standard InChI is InChI=1S/C6H11N3.2ClH/c1-5(7)2-6-3-8-4-9-6;;/h3-5H,2,7H2,1H3,(H,8,9);2*1H. The number of nitrogens with zero attached hydrogens (tertiary/aromatic N) is 1. The Morgan fingerprint density at radius 3 is 2.64 bits per heavy atom. The van der Waals surface area contributed by atoms with E-state index in [1.165, 1.54) is 0 Å². The molecule has 0 radical (unpaired) electrons. The Morgan fingerprint density at radius 1 is 1.64 bits per heavy atom. The van der Waals surface area contributed by atoms with Gasteiger partial charge in [-0.05, 0) is 6.92 Å². The lowest BCUT2D eigenvalue weighted by molar-refractivity contribution is 0.725. The Morgan fingerprint density at radius 2 is 2.27 bits per heavy atom. The first kappa shape index (κ1) is 13.3. The number of hydrogen-bond acceptors (Lipinski definition) is 2. The monoisotopic (exact) mass is 197 g/mol. The van der Waals surface area contributed by atoms with Crippen molar-refractivity contribution in [2.75, 3.05) is 0 Å². The molecule has 0 fully saturated rings. The minimum Gasteiger partial charge on any atom is -0.351 e. The van der Waals surface area contributed by atoms with Crippen molar-refractivity contribution in [3.05, 3.63) is 18.2 Å². The third-order valence-corrected chi connectivity index (χ3v) is 1.09. The quantitative estimate of drug-likeness (QED) is 0.748. The fourth-order valence-electron chi connectivity index (χ4n) is 0.732. The summed E-state index contributed by atoms with van der Waals surface area (Å²) in [6, 6.07) is 0.202. The minimum absolute atomic E-state index is 0. The highest BCUT2D eigenvalue weighted by Gasteiger charge is 1.96. The molecule has 3 nitrogen and oxygen atoms in total. The van der Waals surface area contributed by atoms with Crippen molar-refractivity contribution in [3.63, 3.8) is 0 Å². The van der Waals surface area contributed by atoms with Gasteiger partial charge in [-0.25, -0.2) is 4.98 Å². The Hall–Kier alpha value is -0.250. The first-order chi connectivity index (χ1) is 4.29. The van der Waals surface area contributed by atoms with Gasteiger partial charge in [0.15, 0.2) is 0 Å². The van der Waals surface area contributed by atoms with Crippen LogP contribution in [-0.4, -0.2) is 16.0 Å². The van der Waals surface area contributed by atoms with Crippen LogP contribution in [-0.2, 0) is 6.42 Å². The molecule has 1 rings (SSSR count). The highest BCUT2D eigenvalue weighted by atomic mass is 35.5. The fraction of sp³-hybridized carbons (Fsp3) is 0.500. The van der Waals surface area contributed by atoms with Crippen molar-refractivity contribution < 1.29 is 0 Å². The number of nitrogens with two attached hydrogens (primary N) is 1. The van der Waals surface area contributed by atoms with E-state index in [1.807, 2.05) is 13.1 Å². The van der Waals surface area contributed by atoms with Crippen LogP contribution in [0.5, 0.6) is 0 Å². The molecule has 0 spiro atoms. The Labute approximate surface area is 78.6 Å². The molecule has 5 heteroatoms. The van der Waals surface area contributed by atoms with Crippen molar-refractivity contribution in [1.82, 2.24) is 9.97 Å². The van der Waals surface area contributed by atoms with Gasteiger partial charge >= 0.3 is 0 Å². The molecule has 0 aliphatic rings. The summed E-state index contributed by atoms with van der Waals surface area (Å²) >= 11 is 0. The summed E-state index contributed by atoms with van der Waals surface area (Å²) in [6.45, 7) is 1.97. The molecule has 1 aromatic heterocycles. The molecule has 0 aromatic carbocycles. The fourth-order valence-corrected chi connectivity index (χ4v) is 0.732. The van der Waals surface area contributed by atoms with Crippen molar-refractivity contribution in [1.29, 1.82) is 0 Å². The molecule has 0 bridgehead atoms. The molecular weight excluding hydrogens is 185 g/mol. The predicted molar refractivity (Wildman–Crippen MR) is 50.4 cm³/mol. The van der Waals surface area contributed by atoms with E-state index >= 15 is 0 Å². The highest BCUT2D eigenvalue weighted by molar-refractivity contribution is 5.85. The summed E-state index contributed by atoms with van der Waals surface area (Å²) in [5, 5.41) is 0. The third-order valence-electron chi connectivity index (χ3n) is 1.09. The predicted octanol–water partition coefficient (Wildman–Crippen LogP) is 1.14.